The summed E-state index contributed by atoms with van der Waals surface area (Å²) in [6, 6.07) is 19.8. The van der Waals surface area contributed by atoms with Gasteiger partial charge < -0.3 is 9.88 Å². The van der Waals surface area contributed by atoms with Crippen molar-refractivity contribution < 1.29 is 4.79 Å². The van der Waals surface area contributed by atoms with Crippen molar-refractivity contribution in [2.24, 2.45) is 5.10 Å². The van der Waals surface area contributed by atoms with Crippen LogP contribution in [0.5, 0.6) is 0 Å². The van der Waals surface area contributed by atoms with Crippen molar-refractivity contribution in [1.29, 1.82) is 0 Å². The zero-order chi connectivity index (χ0) is 22.9. The molecule has 0 bridgehead atoms. The summed E-state index contributed by atoms with van der Waals surface area (Å²) in [5.41, 5.74) is 4.20. The molecule has 2 heterocycles. The molecule has 1 amide bonds. The smallest absolute Gasteiger partial charge is 0.250 e. The molecule has 0 aliphatic rings. The number of hydrogen-bond donors (Lipinski definition) is 2. The van der Waals surface area contributed by atoms with Crippen LogP contribution in [0.15, 0.2) is 89.8 Å². The minimum absolute atomic E-state index is 0.158. The predicted octanol–water partition coefficient (Wildman–Crippen LogP) is 3.87. The molecule has 33 heavy (non-hydrogen) atoms. The molecular weight excluding hydrogens is 434 g/mol. The van der Waals surface area contributed by atoms with E-state index in [1.807, 2.05) is 41.0 Å². The third-order valence-electron chi connectivity index (χ3n) is 4.74. The largest absolute Gasteiger partial charge is 0.377 e. The molecule has 0 fully saturated rings. The van der Waals surface area contributed by atoms with Crippen molar-refractivity contribution in [3.8, 4) is 0 Å². The van der Waals surface area contributed by atoms with Crippen molar-refractivity contribution in [1.82, 2.24) is 25.2 Å². The lowest BCUT2D eigenvalue weighted by Gasteiger charge is -2.11. The number of amides is 1. The zero-order valence-corrected chi connectivity index (χ0v) is 18.7. The standard InChI is InChI=1S/C24H23N7OS/c1-2-14-31-22(16-26-21-12-7-9-18-8-3-4-11-20(18)21)28-30-24(31)33-17-23(32)29-27-15-19-10-5-6-13-25-19/h2-13,15,26H,1,14,16-17H2,(H,29,32)/b27-15+. The number of thioether (sulfide) groups is 1. The number of benzene rings is 2. The van der Waals surface area contributed by atoms with Crippen molar-refractivity contribution in [3.63, 3.8) is 0 Å². The fourth-order valence-electron chi connectivity index (χ4n) is 3.21. The molecule has 0 unspecified atom stereocenters. The minimum atomic E-state index is -0.240. The van der Waals surface area contributed by atoms with Gasteiger partial charge in [0.25, 0.3) is 5.91 Å². The van der Waals surface area contributed by atoms with Crippen LogP contribution in [0.1, 0.15) is 11.5 Å². The Hall–Kier alpha value is -3.98. The maximum atomic E-state index is 12.2. The van der Waals surface area contributed by atoms with E-state index in [1.165, 1.54) is 23.4 Å². The van der Waals surface area contributed by atoms with E-state index in [-0.39, 0.29) is 11.7 Å². The van der Waals surface area contributed by atoms with Gasteiger partial charge in [-0.2, -0.15) is 5.10 Å². The van der Waals surface area contributed by atoms with Crippen LogP contribution in [0.25, 0.3) is 10.8 Å². The van der Waals surface area contributed by atoms with Crippen LogP contribution in [0.3, 0.4) is 0 Å². The SMILES string of the molecule is C=CCn1c(CNc2cccc3ccccc23)nnc1SCC(=O)N/N=C/c1ccccn1. The van der Waals surface area contributed by atoms with Gasteiger partial charge in [0.15, 0.2) is 11.0 Å². The molecule has 8 nitrogen and oxygen atoms in total. The molecule has 9 heteroatoms. The molecule has 0 radical (unpaired) electrons. The van der Waals surface area contributed by atoms with Crippen molar-refractivity contribution in [3.05, 3.63) is 91.0 Å². The number of carbonyl (C=O) groups excluding carboxylic acids is 1. The van der Waals surface area contributed by atoms with E-state index in [2.05, 4.69) is 55.8 Å². The van der Waals surface area contributed by atoms with Gasteiger partial charge >= 0.3 is 0 Å². The second kappa shape index (κ2) is 11.1. The topological polar surface area (TPSA) is 97.1 Å². The molecule has 166 valence electrons. The normalized spacial score (nSPS) is 11.0. The van der Waals surface area contributed by atoms with E-state index in [1.54, 1.807) is 18.3 Å². The number of pyridine rings is 1. The summed E-state index contributed by atoms with van der Waals surface area (Å²) in [4.78, 5) is 16.3. The third-order valence-corrected chi connectivity index (χ3v) is 5.70. The third kappa shape index (κ3) is 5.83. The van der Waals surface area contributed by atoms with Gasteiger partial charge in [-0.25, -0.2) is 5.43 Å². The number of nitrogens with one attached hydrogen (secondary N) is 2. The van der Waals surface area contributed by atoms with Gasteiger partial charge in [0.1, 0.15) is 0 Å². The number of anilines is 1. The van der Waals surface area contributed by atoms with Crippen molar-refractivity contribution >= 4 is 40.3 Å². The van der Waals surface area contributed by atoms with Gasteiger partial charge in [-0.1, -0.05) is 60.3 Å². The van der Waals surface area contributed by atoms with Gasteiger partial charge in [-0.05, 0) is 23.6 Å². The van der Waals surface area contributed by atoms with E-state index >= 15 is 0 Å². The molecule has 0 aliphatic heterocycles. The molecule has 0 aliphatic carbocycles. The Morgan fingerprint density at radius 2 is 1.94 bits per heavy atom. The maximum Gasteiger partial charge on any atom is 0.250 e. The lowest BCUT2D eigenvalue weighted by atomic mass is 10.1. The van der Waals surface area contributed by atoms with Gasteiger partial charge in [0, 0.05) is 23.8 Å². The Kier molecular flexibility index (Phi) is 7.44. The van der Waals surface area contributed by atoms with E-state index in [0.29, 0.717) is 23.9 Å². The molecule has 4 aromatic rings. The second-order valence-electron chi connectivity index (χ2n) is 7.01. The number of aromatic nitrogens is 4. The summed E-state index contributed by atoms with van der Waals surface area (Å²) in [5, 5.41) is 18.9. The van der Waals surface area contributed by atoms with Crippen molar-refractivity contribution in [2.75, 3.05) is 11.1 Å². The molecule has 4 rings (SSSR count). The second-order valence-corrected chi connectivity index (χ2v) is 7.96. The number of allylic oxidation sites excluding steroid dienone is 1. The van der Waals surface area contributed by atoms with Gasteiger partial charge in [-0.15, -0.1) is 16.8 Å². The quantitative estimate of drug-likeness (QED) is 0.162. The monoisotopic (exact) mass is 457 g/mol. The van der Waals surface area contributed by atoms with Crippen LogP contribution in [-0.2, 0) is 17.9 Å². The average molecular weight is 458 g/mol. The number of rotatable bonds is 10. The minimum Gasteiger partial charge on any atom is -0.377 e. The highest BCUT2D eigenvalue weighted by Crippen LogP contribution is 2.24. The lowest BCUT2D eigenvalue weighted by molar-refractivity contribution is -0.118. The summed E-state index contributed by atoms with van der Waals surface area (Å²) in [5.74, 6) is 0.681. The Balaban J connectivity index is 1.37. The number of hydrazone groups is 1. The van der Waals surface area contributed by atoms with Gasteiger partial charge in [-0.3, -0.25) is 9.78 Å². The van der Waals surface area contributed by atoms with Crippen LogP contribution in [0.2, 0.25) is 0 Å². The van der Waals surface area contributed by atoms with E-state index < -0.39 is 0 Å². The summed E-state index contributed by atoms with van der Waals surface area (Å²) >= 11 is 1.30. The molecule has 0 atom stereocenters. The first-order valence-electron chi connectivity index (χ1n) is 10.3. The highest BCUT2D eigenvalue weighted by molar-refractivity contribution is 7.99. The van der Waals surface area contributed by atoms with Crippen LogP contribution < -0.4 is 10.7 Å². The van der Waals surface area contributed by atoms with Crippen LogP contribution in [-0.4, -0.2) is 37.6 Å². The van der Waals surface area contributed by atoms with Crippen molar-refractivity contribution in [2.45, 2.75) is 18.2 Å². The average Bonchev–Trinajstić information content (AvgIpc) is 3.23. The van der Waals surface area contributed by atoms with E-state index in [0.717, 1.165) is 16.9 Å². The maximum absolute atomic E-state index is 12.2. The number of hydrogen-bond acceptors (Lipinski definition) is 7. The molecule has 0 saturated heterocycles. The summed E-state index contributed by atoms with van der Waals surface area (Å²) < 4.78 is 1.94. The fourth-order valence-corrected chi connectivity index (χ4v) is 3.97. The molecule has 0 saturated carbocycles. The van der Waals surface area contributed by atoms with Crippen LogP contribution in [0, 0.1) is 0 Å². The number of fused-ring (bicyclic) bond motifs is 1. The molecule has 2 aromatic heterocycles. The first-order chi connectivity index (χ1) is 16.2. The van der Waals surface area contributed by atoms with Crippen LogP contribution in [0.4, 0.5) is 5.69 Å². The Morgan fingerprint density at radius 3 is 2.79 bits per heavy atom. The molecule has 0 spiro atoms. The Labute approximate surface area is 195 Å². The zero-order valence-electron chi connectivity index (χ0n) is 17.9. The van der Waals surface area contributed by atoms with E-state index in [9.17, 15) is 4.79 Å². The van der Waals surface area contributed by atoms with Gasteiger partial charge in [0.2, 0.25) is 0 Å². The molecular formula is C24H23N7OS. The summed E-state index contributed by atoms with van der Waals surface area (Å²) in [7, 11) is 0. The molecule has 2 aromatic carbocycles. The predicted molar refractivity (Wildman–Crippen MR) is 132 cm³/mol. The summed E-state index contributed by atoms with van der Waals surface area (Å²) in [6.45, 7) is 4.87. The number of carbonyl (C=O) groups is 1. The highest BCUT2D eigenvalue weighted by atomic mass is 32.2. The first-order valence-corrected chi connectivity index (χ1v) is 11.3. The lowest BCUT2D eigenvalue weighted by Crippen LogP contribution is -2.20. The highest BCUT2D eigenvalue weighted by Gasteiger charge is 2.13. The van der Waals surface area contributed by atoms with E-state index in [4.69, 9.17) is 0 Å². The Bertz CT molecular complexity index is 1270. The fraction of sp³-hybridized carbons (Fsp3) is 0.125. The van der Waals surface area contributed by atoms with Crippen LogP contribution >= 0.6 is 11.8 Å². The Morgan fingerprint density at radius 1 is 1.09 bits per heavy atom. The molecule has 2 N–H and O–H groups in total. The summed E-state index contributed by atoms with van der Waals surface area (Å²) in [6.07, 6.45) is 4.95. The number of nitrogens with zero attached hydrogens (tertiary/aromatic N) is 5. The van der Waals surface area contributed by atoms with Gasteiger partial charge in [0.05, 0.1) is 24.2 Å². The first kappa shape index (κ1) is 22.2.